The Morgan fingerprint density at radius 3 is 2.64 bits per heavy atom. The van der Waals surface area contributed by atoms with Crippen molar-refractivity contribution in [2.75, 3.05) is 31.2 Å². The third-order valence-corrected chi connectivity index (χ3v) is 5.30. The van der Waals surface area contributed by atoms with Gasteiger partial charge in [0.1, 0.15) is 12.4 Å². The lowest BCUT2D eigenvalue weighted by Crippen LogP contribution is -2.34. The molecule has 1 fully saturated rings. The zero-order valence-corrected chi connectivity index (χ0v) is 17.2. The van der Waals surface area contributed by atoms with Crippen LogP contribution in [0.25, 0.3) is 0 Å². The molecule has 28 heavy (non-hydrogen) atoms. The highest BCUT2D eigenvalue weighted by Crippen LogP contribution is 2.25. The first-order valence-electron chi connectivity index (χ1n) is 9.78. The number of hydrogen-bond donors (Lipinski definition) is 0. The van der Waals surface area contributed by atoms with Gasteiger partial charge < -0.3 is 14.5 Å². The molecule has 0 radical (unpaired) electrons. The predicted octanol–water partition coefficient (Wildman–Crippen LogP) is 4.49. The molecule has 1 aromatic heterocycles. The van der Waals surface area contributed by atoms with E-state index in [1.165, 1.54) is 0 Å². The summed E-state index contributed by atoms with van der Waals surface area (Å²) in [6, 6.07) is 9.91. The number of halogens is 1. The van der Waals surface area contributed by atoms with Crippen LogP contribution in [-0.2, 0) is 4.84 Å². The van der Waals surface area contributed by atoms with E-state index >= 15 is 0 Å². The standard InChI is InChI=1S/C21H27ClN4O2/c1-3-28-23-15-18-4-6-19(7-5-18)27-13-10-17-8-11-26(12-9-17)20-14-16(2)21(22)25-24-20/h4-7,14-15,17H,3,8-13H2,1-2H3. The molecule has 0 saturated carbocycles. The van der Waals surface area contributed by atoms with Gasteiger partial charge in [-0.25, -0.2) is 0 Å². The summed E-state index contributed by atoms with van der Waals surface area (Å²) in [4.78, 5) is 7.26. The quantitative estimate of drug-likeness (QED) is 0.480. The van der Waals surface area contributed by atoms with Crippen molar-refractivity contribution < 1.29 is 9.57 Å². The number of piperidine rings is 1. The first-order valence-corrected chi connectivity index (χ1v) is 10.2. The van der Waals surface area contributed by atoms with Crippen molar-refractivity contribution in [3.05, 3.63) is 46.6 Å². The third kappa shape index (κ3) is 5.83. The molecule has 2 aromatic rings. The molecule has 1 saturated heterocycles. The van der Waals surface area contributed by atoms with Crippen molar-refractivity contribution in [1.29, 1.82) is 0 Å². The maximum Gasteiger partial charge on any atom is 0.154 e. The molecular weight excluding hydrogens is 376 g/mol. The lowest BCUT2D eigenvalue weighted by Gasteiger charge is -2.32. The lowest BCUT2D eigenvalue weighted by atomic mass is 9.94. The Bertz CT molecular complexity index is 774. The van der Waals surface area contributed by atoms with Crippen LogP contribution in [0.4, 0.5) is 5.82 Å². The van der Waals surface area contributed by atoms with Crippen molar-refractivity contribution in [3.8, 4) is 5.75 Å². The molecule has 0 unspecified atom stereocenters. The van der Waals surface area contributed by atoms with E-state index in [1.807, 2.05) is 44.2 Å². The summed E-state index contributed by atoms with van der Waals surface area (Å²) < 4.78 is 5.90. The van der Waals surface area contributed by atoms with Crippen LogP contribution in [0.2, 0.25) is 5.15 Å². The smallest absolute Gasteiger partial charge is 0.154 e. The highest BCUT2D eigenvalue weighted by Gasteiger charge is 2.20. The lowest BCUT2D eigenvalue weighted by molar-refractivity contribution is 0.160. The topological polar surface area (TPSA) is 59.8 Å². The predicted molar refractivity (Wildman–Crippen MR) is 112 cm³/mol. The van der Waals surface area contributed by atoms with Gasteiger partial charge in [-0.15, -0.1) is 10.2 Å². The molecular formula is C21H27ClN4O2. The minimum Gasteiger partial charge on any atom is -0.494 e. The summed E-state index contributed by atoms with van der Waals surface area (Å²) in [5, 5.41) is 12.6. The van der Waals surface area contributed by atoms with Crippen LogP contribution in [0.5, 0.6) is 5.75 Å². The summed E-state index contributed by atoms with van der Waals surface area (Å²) in [6.07, 6.45) is 5.04. The average Bonchev–Trinajstić information content (AvgIpc) is 2.72. The normalized spacial score (nSPS) is 15.2. The minimum atomic E-state index is 0.477. The van der Waals surface area contributed by atoms with E-state index in [1.54, 1.807) is 6.21 Å². The molecule has 0 atom stereocenters. The van der Waals surface area contributed by atoms with Crippen molar-refractivity contribution in [1.82, 2.24) is 10.2 Å². The fourth-order valence-electron chi connectivity index (χ4n) is 3.23. The highest BCUT2D eigenvalue weighted by atomic mass is 35.5. The largest absolute Gasteiger partial charge is 0.494 e. The maximum absolute atomic E-state index is 5.97. The summed E-state index contributed by atoms with van der Waals surface area (Å²) in [7, 11) is 0. The number of anilines is 1. The van der Waals surface area contributed by atoms with Gasteiger partial charge in [-0.1, -0.05) is 16.8 Å². The van der Waals surface area contributed by atoms with E-state index in [4.69, 9.17) is 21.2 Å². The van der Waals surface area contributed by atoms with Gasteiger partial charge in [0.2, 0.25) is 0 Å². The second kappa shape index (κ2) is 10.3. The van der Waals surface area contributed by atoms with Crippen LogP contribution in [0.3, 0.4) is 0 Å². The van der Waals surface area contributed by atoms with Gasteiger partial charge >= 0.3 is 0 Å². The molecule has 6 nitrogen and oxygen atoms in total. The summed E-state index contributed by atoms with van der Waals surface area (Å²) in [5.41, 5.74) is 1.96. The second-order valence-electron chi connectivity index (χ2n) is 6.97. The number of benzene rings is 1. The fourth-order valence-corrected chi connectivity index (χ4v) is 3.32. The Kier molecular flexibility index (Phi) is 7.48. The number of aryl methyl sites for hydroxylation is 1. The van der Waals surface area contributed by atoms with Gasteiger partial charge in [0.25, 0.3) is 0 Å². The fraction of sp³-hybridized carbons (Fsp3) is 0.476. The Morgan fingerprint density at radius 1 is 1.21 bits per heavy atom. The molecule has 0 spiro atoms. The van der Waals surface area contributed by atoms with E-state index in [2.05, 4.69) is 20.3 Å². The minimum absolute atomic E-state index is 0.477. The molecule has 3 rings (SSSR count). The van der Waals surface area contributed by atoms with E-state index < -0.39 is 0 Å². The molecule has 0 bridgehead atoms. The van der Waals surface area contributed by atoms with Crippen LogP contribution >= 0.6 is 11.6 Å². The second-order valence-corrected chi connectivity index (χ2v) is 7.32. The molecule has 7 heteroatoms. The number of rotatable bonds is 8. The summed E-state index contributed by atoms with van der Waals surface area (Å²) >= 11 is 5.97. The average molecular weight is 403 g/mol. The molecule has 1 aromatic carbocycles. The number of ether oxygens (including phenoxy) is 1. The van der Waals surface area contributed by atoms with Crippen molar-refractivity contribution >= 4 is 23.6 Å². The van der Waals surface area contributed by atoms with Crippen LogP contribution in [0, 0.1) is 12.8 Å². The number of hydrogen-bond acceptors (Lipinski definition) is 6. The third-order valence-electron chi connectivity index (χ3n) is 4.93. The first kappa shape index (κ1) is 20.4. The number of aromatic nitrogens is 2. The van der Waals surface area contributed by atoms with Crippen LogP contribution in [0.15, 0.2) is 35.5 Å². The molecule has 0 aliphatic carbocycles. The maximum atomic E-state index is 5.97. The molecule has 1 aliphatic rings. The molecule has 0 N–H and O–H groups in total. The van der Waals surface area contributed by atoms with Crippen molar-refractivity contribution in [2.24, 2.45) is 11.1 Å². The van der Waals surface area contributed by atoms with Gasteiger partial charge in [-0.2, -0.15) is 0 Å². The van der Waals surface area contributed by atoms with Crippen LogP contribution < -0.4 is 9.64 Å². The molecule has 150 valence electrons. The Hall–Kier alpha value is -2.34. The van der Waals surface area contributed by atoms with Crippen LogP contribution in [0.1, 0.15) is 37.3 Å². The van der Waals surface area contributed by atoms with Gasteiger partial charge in [0, 0.05) is 13.1 Å². The van der Waals surface area contributed by atoms with E-state index in [-0.39, 0.29) is 0 Å². The SMILES string of the molecule is CCON=Cc1ccc(OCCC2CCN(c3cc(C)c(Cl)nn3)CC2)cc1. The number of oxime groups is 1. The molecule has 2 heterocycles. The number of nitrogens with zero attached hydrogens (tertiary/aromatic N) is 4. The Morgan fingerprint density at radius 2 is 1.96 bits per heavy atom. The van der Waals surface area contributed by atoms with Gasteiger partial charge in [0.15, 0.2) is 11.0 Å². The Labute approximate surface area is 171 Å². The van der Waals surface area contributed by atoms with Crippen molar-refractivity contribution in [2.45, 2.75) is 33.1 Å². The van der Waals surface area contributed by atoms with Crippen molar-refractivity contribution in [3.63, 3.8) is 0 Å². The summed E-state index contributed by atoms with van der Waals surface area (Å²) in [5.74, 6) is 2.48. The first-order chi connectivity index (χ1) is 13.7. The molecule has 0 amide bonds. The van der Waals surface area contributed by atoms with Crippen LogP contribution in [-0.4, -0.2) is 42.7 Å². The van der Waals surface area contributed by atoms with E-state index in [0.717, 1.165) is 61.7 Å². The van der Waals surface area contributed by atoms with Gasteiger partial charge in [0.05, 0.1) is 12.8 Å². The Balaban J connectivity index is 1.39. The van der Waals surface area contributed by atoms with Gasteiger partial charge in [-0.3, -0.25) is 0 Å². The van der Waals surface area contributed by atoms with E-state index in [9.17, 15) is 0 Å². The molecule has 1 aliphatic heterocycles. The zero-order valence-electron chi connectivity index (χ0n) is 16.5. The zero-order chi connectivity index (χ0) is 19.8. The summed E-state index contributed by atoms with van der Waals surface area (Å²) in [6.45, 7) is 7.16. The van der Waals surface area contributed by atoms with E-state index in [0.29, 0.717) is 17.7 Å². The van der Waals surface area contributed by atoms with Gasteiger partial charge in [-0.05, 0) is 80.5 Å². The monoisotopic (exact) mass is 402 g/mol. The highest BCUT2D eigenvalue weighted by molar-refractivity contribution is 6.30.